The molecule has 0 aliphatic rings. The smallest absolute Gasteiger partial charge is 0.168 e. The Balaban J connectivity index is 0.000000240. The predicted molar refractivity (Wildman–Crippen MR) is 91.6 cm³/mol. The Morgan fingerprint density at radius 1 is 1.00 bits per heavy atom. The Morgan fingerprint density at radius 3 is 2.00 bits per heavy atom. The Labute approximate surface area is 142 Å². The number of hydrogen-bond donors (Lipinski definition) is 1. The molecule has 130 valence electrons. The van der Waals surface area contributed by atoms with Crippen LogP contribution in [0.25, 0.3) is 0 Å². The van der Waals surface area contributed by atoms with Crippen LogP contribution in [0.1, 0.15) is 41.2 Å². The second-order valence-electron chi connectivity index (χ2n) is 4.89. The Kier molecular flexibility index (Phi) is 8.43. The van der Waals surface area contributed by atoms with Crippen molar-refractivity contribution >= 4 is 6.29 Å². The van der Waals surface area contributed by atoms with Crippen molar-refractivity contribution in [2.24, 2.45) is 0 Å². The molecule has 0 aromatic carbocycles. The highest BCUT2D eigenvalue weighted by molar-refractivity contribution is 5.72. The molecule has 0 saturated heterocycles. The number of carbonyl (C=O) groups is 1. The first-order valence-electron chi connectivity index (χ1n) is 7.74. The van der Waals surface area contributed by atoms with Gasteiger partial charge in [0.15, 0.2) is 6.29 Å². The largest absolute Gasteiger partial charge is 0.496 e. The van der Waals surface area contributed by atoms with E-state index in [0.717, 1.165) is 35.5 Å². The lowest BCUT2D eigenvalue weighted by Crippen LogP contribution is -1.95. The Hall–Kier alpha value is -2.47. The second kappa shape index (κ2) is 10.3. The van der Waals surface area contributed by atoms with Crippen molar-refractivity contribution in [1.82, 2.24) is 9.97 Å². The van der Waals surface area contributed by atoms with Gasteiger partial charge in [-0.2, -0.15) is 0 Å². The Bertz CT molecular complexity index is 659. The zero-order chi connectivity index (χ0) is 17.9. The molecule has 0 aliphatic carbocycles. The Morgan fingerprint density at radius 2 is 1.54 bits per heavy atom. The molecule has 0 spiro atoms. The summed E-state index contributed by atoms with van der Waals surface area (Å²) in [5.74, 6) is 1.53. The van der Waals surface area contributed by atoms with Crippen LogP contribution in [0.5, 0.6) is 11.5 Å². The number of pyridine rings is 2. The van der Waals surface area contributed by atoms with Crippen LogP contribution >= 0.6 is 0 Å². The van der Waals surface area contributed by atoms with E-state index in [1.807, 2.05) is 13.8 Å². The van der Waals surface area contributed by atoms with E-state index in [9.17, 15) is 4.79 Å². The zero-order valence-corrected chi connectivity index (χ0v) is 14.6. The average molecular weight is 332 g/mol. The molecule has 0 aliphatic heterocycles. The summed E-state index contributed by atoms with van der Waals surface area (Å²) in [5, 5.41) is 8.80. The fourth-order valence-corrected chi connectivity index (χ4v) is 2.05. The van der Waals surface area contributed by atoms with E-state index in [-0.39, 0.29) is 6.61 Å². The number of aromatic nitrogens is 2. The summed E-state index contributed by atoms with van der Waals surface area (Å²) in [6.07, 6.45) is 5.87. The molecule has 6 heteroatoms. The van der Waals surface area contributed by atoms with Gasteiger partial charge in [0.05, 0.1) is 26.5 Å². The molecule has 0 saturated carbocycles. The molecule has 2 rings (SSSR count). The van der Waals surface area contributed by atoms with Crippen molar-refractivity contribution in [2.75, 3.05) is 14.2 Å². The number of aliphatic hydroxyl groups is 1. The van der Waals surface area contributed by atoms with Crippen LogP contribution in [0.2, 0.25) is 0 Å². The molecule has 0 atom stereocenters. The molecule has 2 aromatic rings. The summed E-state index contributed by atoms with van der Waals surface area (Å²) in [5.41, 5.74) is 3.13. The summed E-state index contributed by atoms with van der Waals surface area (Å²) in [4.78, 5) is 18.3. The van der Waals surface area contributed by atoms with Crippen LogP contribution in [0.3, 0.4) is 0 Å². The van der Waals surface area contributed by atoms with Gasteiger partial charge in [-0.15, -0.1) is 0 Å². The highest BCUT2D eigenvalue weighted by Gasteiger charge is 2.03. The van der Waals surface area contributed by atoms with E-state index in [4.69, 9.17) is 14.6 Å². The fraction of sp³-hybridized carbons (Fsp3) is 0.389. The number of nitrogens with zero attached hydrogens (tertiary/aromatic N) is 2. The third-order valence-corrected chi connectivity index (χ3v) is 3.45. The molecular weight excluding hydrogens is 308 g/mol. The molecular formula is C18H24N2O4. The normalized spacial score (nSPS) is 9.71. The fourth-order valence-electron chi connectivity index (χ4n) is 2.05. The van der Waals surface area contributed by atoms with Gasteiger partial charge in [-0.25, -0.2) is 0 Å². The van der Waals surface area contributed by atoms with Crippen LogP contribution < -0.4 is 9.47 Å². The van der Waals surface area contributed by atoms with Gasteiger partial charge in [0.1, 0.15) is 17.2 Å². The third kappa shape index (κ3) is 5.31. The molecule has 0 unspecified atom stereocenters. The van der Waals surface area contributed by atoms with Crippen molar-refractivity contribution in [1.29, 1.82) is 0 Å². The second-order valence-corrected chi connectivity index (χ2v) is 4.89. The summed E-state index contributed by atoms with van der Waals surface area (Å²) in [6.45, 7) is 4.01. The SMILES string of the molecule is CCc1cnc(C=O)cc1OC.CCc1cnc(CO)cc1OC. The minimum absolute atomic E-state index is 0.0413. The predicted octanol–water partition coefficient (Wildman–Crippen LogP) is 2.61. The molecule has 0 amide bonds. The van der Waals surface area contributed by atoms with Gasteiger partial charge < -0.3 is 14.6 Å². The monoisotopic (exact) mass is 332 g/mol. The van der Waals surface area contributed by atoms with E-state index in [0.29, 0.717) is 17.7 Å². The van der Waals surface area contributed by atoms with Gasteiger partial charge in [0.25, 0.3) is 0 Å². The summed E-state index contributed by atoms with van der Waals surface area (Å²) in [7, 11) is 3.21. The maximum absolute atomic E-state index is 10.4. The van der Waals surface area contributed by atoms with Crippen LogP contribution in [0.15, 0.2) is 24.5 Å². The molecule has 2 heterocycles. The number of rotatable bonds is 6. The van der Waals surface area contributed by atoms with Crippen molar-refractivity contribution in [3.05, 3.63) is 47.0 Å². The minimum atomic E-state index is -0.0413. The molecule has 24 heavy (non-hydrogen) atoms. The van der Waals surface area contributed by atoms with Gasteiger partial charge in [-0.1, -0.05) is 13.8 Å². The summed E-state index contributed by atoms with van der Waals surface area (Å²) >= 11 is 0. The van der Waals surface area contributed by atoms with Gasteiger partial charge in [-0.05, 0) is 12.8 Å². The lowest BCUT2D eigenvalue weighted by Gasteiger charge is -2.06. The first-order chi connectivity index (χ1) is 11.6. The first-order valence-corrected chi connectivity index (χ1v) is 7.74. The third-order valence-electron chi connectivity index (χ3n) is 3.45. The van der Waals surface area contributed by atoms with Crippen LogP contribution in [-0.4, -0.2) is 35.6 Å². The highest BCUT2D eigenvalue weighted by Crippen LogP contribution is 2.18. The molecule has 1 N–H and O–H groups in total. The number of ether oxygens (including phenoxy) is 2. The lowest BCUT2D eigenvalue weighted by molar-refractivity contribution is 0.111. The van der Waals surface area contributed by atoms with Crippen molar-refractivity contribution < 1.29 is 19.4 Å². The van der Waals surface area contributed by atoms with Crippen molar-refractivity contribution in [3.63, 3.8) is 0 Å². The summed E-state index contributed by atoms with van der Waals surface area (Å²) in [6, 6.07) is 3.41. The van der Waals surface area contributed by atoms with Crippen LogP contribution in [0, 0.1) is 0 Å². The van der Waals surface area contributed by atoms with Crippen LogP contribution in [-0.2, 0) is 19.4 Å². The molecule has 0 fully saturated rings. The number of aryl methyl sites for hydroxylation is 2. The molecule has 6 nitrogen and oxygen atoms in total. The molecule has 0 bridgehead atoms. The number of carbonyl (C=O) groups excluding carboxylic acids is 1. The molecule has 0 radical (unpaired) electrons. The highest BCUT2D eigenvalue weighted by atomic mass is 16.5. The number of aliphatic hydroxyl groups excluding tert-OH is 1. The van der Waals surface area contributed by atoms with Crippen molar-refractivity contribution in [3.8, 4) is 11.5 Å². The maximum Gasteiger partial charge on any atom is 0.168 e. The number of aldehydes is 1. The topological polar surface area (TPSA) is 81.5 Å². The standard InChI is InChI=1S/C9H13NO2.C9H11NO2/c2*1-3-7-5-10-8(6-11)4-9(7)12-2/h4-5,11H,3,6H2,1-2H3;4-6H,3H2,1-2H3. The average Bonchev–Trinajstić information content (AvgIpc) is 2.67. The van der Waals surface area contributed by atoms with E-state index >= 15 is 0 Å². The maximum atomic E-state index is 10.4. The minimum Gasteiger partial charge on any atom is -0.496 e. The van der Waals surface area contributed by atoms with Gasteiger partial charge in [0, 0.05) is 35.7 Å². The van der Waals surface area contributed by atoms with Gasteiger partial charge >= 0.3 is 0 Å². The van der Waals surface area contributed by atoms with E-state index in [2.05, 4.69) is 9.97 Å². The van der Waals surface area contributed by atoms with Gasteiger partial charge in [-0.3, -0.25) is 14.8 Å². The number of methoxy groups -OCH3 is 2. The van der Waals surface area contributed by atoms with E-state index in [1.54, 1.807) is 38.7 Å². The first kappa shape index (κ1) is 19.6. The molecule has 2 aromatic heterocycles. The zero-order valence-electron chi connectivity index (χ0n) is 14.6. The quantitative estimate of drug-likeness (QED) is 0.819. The summed E-state index contributed by atoms with van der Waals surface area (Å²) < 4.78 is 10.2. The van der Waals surface area contributed by atoms with Gasteiger partial charge in [0.2, 0.25) is 0 Å². The van der Waals surface area contributed by atoms with Crippen molar-refractivity contribution in [2.45, 2.75) is 33.3 Å². The number of hydrogen-bond acceptors (Lipinski definition) is 6. The lowest BCUT2D eigenvalue weighted by atomic mass is 10.2. The van der Waals surface area contributed by atoms with Crippen LogP contribution in [0.4, 0.5) is 0 Å². The van der Waals surface area contributed by atoms with E-state index in [1.165, 1.54) is 0 Å². The van der Waals surface area contributed by atoms with E-state index < -0.39 is 0 Å².